The van der Waals surface area contributed by atoms with E-state index in [2.05, 4.69) is 20.6 Å². The molecule has 4 nitrogen and oxygen atoms in total. The zero-order valence-electron chi connectivity index (χ0n) is 12.4. The van der Waals surface area contributed by atoms with E-state index in [4.69, 9.17) is 0 Å². The van der Waals surface area contributed by atoms with Crippen LogP contribution in [-0.2, 0) is 19.3 Å². The molecule has 2 rings (SSSR count). The van der Waals surface area contributed by atoms with Crippen LogP contribution in [0.2, 0.25) is 0 Å². The molecular formula is C13H16F3IN4S2. The molecule has 0 radical (unpaired) electrons. The van der Waals surface area contributed by atoms with Gasteiger partial charge in [0.2, 0.25) is 0 Å². The van der Waals surface area contributed by atoms with Crippen molar-refractivity contribution in [3.8, 4) is 0 Å². The molecule has 0 aromatic carbocycles. The minimum atomic E-state index is -4.40. The van der Waals surface area contributed by atoms with E-state index in [0.29, 0.717) is 17.5 Å². The van der Waals surface area contributed by atoms with Gasteiger partial charge in [0.1, 0.15) is 5.01 Å². The molecule has 23 heavy (non-hydrogen) atoms. The van der Waals surface area contributed by atoms with E-state index in [0.717, 1.165) is 21.6 Å². The van der Waals surface area contributed by atoms with Crippen molar-refractivity contribution in [1.82, 2.24) is 15.6 Å². The molecule has 2 aromatic heterocycles. The standard InChI is InChI=1S/C13H15F3N4S2.HI/c1-8-3-4-9(22-8)5-18-12(17-2)19-6-11-20-10(7-21-11)13(14,15)16;/h3-4,7H,5-6H2,1-2H3,(H2,17,18,19);1H. The van der Waals surface area contributed by atoms with Crippen LogP contribution in [0.3, 0.4) is 0 Å². The van der Waals surface area contributed by atoms with Crippen molar-refractivity contribution in [3.05, 3.63) is 38.0 Å². The number of hydrogen-bond acceptors (Lipinski definition) is 4. The first-order valence-electron chi connectivity index (χ1n) is 6.40. The lowest BCUT2D eigenvalue weighted by molar-refractivity contribution is -0.140. The molecule has 0 saturated carbocycles. The molecule has 0 spiro atoms. The summed E-state index contributed by atoms with van der Waals surface area (Å²) >= 11 is 2.65. The van der Waals surface area contributed by atoms with Gasteiger partial charge in [0.05, 0.1) is 13.1 Å². The molecule has 0 atom stereocenters. The molecule has 10 heteroatoms. The van der Waals surface area contributed by atoms with Crippen molar-refractivity contribution in [2.24, 2.45) is 4.99 Å². The van der Waals surface area contributed by atoms with Crippen molar-refractivity contribution in [3.63, 3.8) is 0 Å². The molecule has 0 aliphatic rings. The Labute approximate surface area is 157 Å². The number of nitrogens with one attached hydrogen (secondary N) is 2. The van der Waals surface area contributed by atoms with Gasteiger partial charge in [0, 0.05) is 22.2 Å². The maximum Gasteiger partial charge on any atom is 0.434 e. The van der Waals surface area contributed by atoms with Crippen molar-refractivity contribution >= 4 is 52.6 Å². The number of aliphatic imine (C=N–C) groups is 1. The lowest BCUT2D eigenvalue weighted by Crippen LogP contribution is -2.36. The maximum absolute atomic E-state index is 12.5. The summed E-state index contributed by atoms with van der Waals surface area (Å²) < 4.78 is 37.4. The monoisotopic (exact) mass is 476 g/mol. The van der Waals surface area contributed by atoms with Gasteiger partial charge >= 0.3 is 6.18 Å². The normalized spacial score (nSPS) is 12.0. The third-order valence-corrected chi connectivity index (χ3v) is 4.55. The van der Waals surface area contributed by atoms with Crippen LogP contribution in [0.5, 0.6) is 0 Å². The van der Waals surface area contributed by atoms with Crippen molar-refractivity contribution < 1.29 is 13.2 Å². The minimum Gasteiger partial charge on any atom is -0.352 e. The fourth-order valence-corrected chi connectivity index (χ4v) is 3.22. The number of halogens is 4. The molecule has 0 aliphatic carbocycles. The Balaban J connectivity index is 0.00000264. The highest BCUT2D eigenvalue weighted by atomic mass is 127. The second-order valence-electron chi connectivity index (χ2n) is 4.42. The van der Waals surface area contributed by atoms with E-state index in [9.17, 15) is 13.2 Å². The fourth-order valence-electron chi connectivity index (χ4n) is 1.65. The quantitative estimate of drug-likeness (QED) is 0.399. The fraction of sp³-hybridized carbons (Fsp3) is 0.385. The summed E-state index contributed by atoms with van der Waals surface area (Å²) in [7, 11) is 1.61. The van der Waals surface area contributed by atoms with Crippen molar-refractivity contribution in [2.75, 3.05) is 7.05 Å². The Morgan fingerprint density at radius 1 is 1.26 bits per heavy atom. The molecule has 0 amide bonds. The lowest BCUT2D eigenvalue weighted by atomic mass is 10.4. The highest BCUT2D eigenvalue weighted by molar-refractivity contribution is 14.0. The average molecular weight is 476 g/mol. The van der Waals surface area contributed by atoms with Crippen LogP contribution in [0, 0.1) is 6.92 Å². The number of aromatic nitrogens is 1. The Kier molecular flexibility index (Phi) is 7.74. The molecule has 2 N–H and O–H groups in total. The molecular weight excluding hydrogens is 460 g/mol. The van der Waals surface area contributed by atoms with Crippen LogP contribution in [-0.4, -0.2) is 18.0 Å². The minimum absolute atomic E-state index is 0. The van der Waals surface area contributed by atoms with Gasteiger partial charge in [-0.1, -0.05) is 0 Å². The molecule has 0 bridgehead atoms. The molecule has 0 aliphatic heterocycles. The van der Waals surface area contributed by atoms with Crippen LogP contribution >= 0.6 is 46.7 Å². The molecule has 2 heterocycles. The second-order valence-corrected chi connectivity index (χ2v) is 6.73. The number of rotatable bonds is 4. The number of guanidine groups is 1. The van der Waals surface area contributed by atoms with Gasteiger partial charge in [-0.15, -0.1) is 46.7 Å². The number of thiazole rings is 1. The Morgan fingerprint density at radius 3 is 2.48 bits per heavy atom. The van der Waals surface area contributed by atoms with E-state index >= 15 is 0 Å². The summed E-state index contributed by atoms with van der Waals surface area (Å²) in [5.41, 5.74) is -0.855. The van der Waals surface area contributed by atoms with E-state index in [1.54, 1.807) is 18.4 Å². The Hall–Kier alpha value is -0.880. The first-order valence-corrected chi connectivity index (χ1v) is 8.09. The largest absolute Gasteiger partial charge is 0.434 e. The van der Waals surface area contributed by atoms with Crippen LogP contribution in [0.4, 0.5) is 13.2 Å². The number of thiophene rings is 1. The smallest absolute Gasteiger partial charge is 0.352 e. The van der Waals surface area contributed by atoms with E-state index in [-0.39, 0.29) is 30.5 Å². The maximum atomic E-state index is 12.5. The van der Waals surface area contributed by atoms with Crippen molar-refractivity contribution in [1.29, 1.82) is 0 Å². The van der Waals surface area contributed by atoms with Crippen molar-refractivity contribution in [2.45, 2.75) is 26.2 Å². The molecule has 0 fully saturated rings. The predicted molar refractivity (Wildman–Crippen MR) is 98.6 cm³/mol. The lowest BCUT2D eigenvalue weighted by Gasteiger charge is -2.09. The van der Waals surface area contributed by atoms with E-state index < -0.39 is 11.9 Å². The summed E-state index contributed by atoms with van der Waals surface area (Å²) in [6.45, 7) is 2.84. The summed E-state index contributed by atoms with van der Waals surface area (Å²) in [4.78, 5) is 9.98. The molecule has 0 saturated heterocycles. The van der Waals surface area contributed by atoms with Gasteiger partial charge in [-0.05, 0) is 19.1 Å². The third kappa shape index (κ3) is 6.26. The van der Waals surface area contributed by atoms with Gasteiger partial charge in [0.15, 0.2) is 11.7 Å². The molecule has 2 aromatic rings. The summed E-state index contributed by atoms with van der Waals surface area (Å²) in [6.07, 6.45) is -4.40. The van der Waals surface area contributed by atoms with Gasteiger partial charge in [0.25, 0.3) is 0 Å². The predicted octanol–water partition coefficient (Wildman–Crippen LogP) is 4.02. The van der Waals surface area contributed by atoms with Gasteiger partial charge < -0.3 is 10.6 Å². The van der Waals surface area contributed by atoms with Crippen LogP contribution < -0.4 is 10.6 Å². The van der Waals surface area contributed by atoms with Gasteiger partial charge in [-0.25, -0.2) is 4.98 Å². The Morgan fingerprint density at radius 2 is 1.96 bits per heavy atom. The number of aryl methyl sites for hydroxylation is 1. The van der Waals surface area contributed by atoms with Gasteiger partial charge in [-0.3, -0.25) is 4.99 Å². The average Bonchev–Trinajstić information content (AvgIpc) is 3.07. The first-order chi connectivity index (χ1) is 10.4. The highest BCUT2D eigenvalue weighted by Gasteiger charge is 2.33. The summed E-state index contributed by atoms with van der Waals surface area (Å²) in [6, 6.07) is 4.06. The third-order valence-electron chi connectivity index (χ3n) is 2.70. The second kappa shape index (κ2) is 8.83. The van der Waals surface area contributed by atoms with Crippen LogP contribution in [0.25, 0.3) is 0 Å². The zero-order chi connectivity index (χ0) is 16.2. The van der Waals surface area contributed by atoms with Gasteiger partial charge in [-0.2, -0.15) is 13.2 Å². The SMILES string of the molecule is CN=C(NCc1ccc(C)s1)NCc1nc(C(F)(F)F)cs1.I. The summed E-state index contributed by atoms with van der Waals surface area (Å²) in [5, 5.41) is 7.44. The first kappa shape index (κ1) is 20.2. The summed E-state index contributed by atoms with van der Waals surface area (Å²) in [5.74, 6) is 0.523. The van der Waals surface area contributed by atoms with Crippen LogP contribution in [0.15, 0.2) is 22.5 Å². The molecule has 128 valence electrons. The topological polar surface area (TPSA) is 49.3 Å². The van der Waals surface area contributed by atoms with E-state index in [1.807, 2.05) is 19.1 Å². The highest BCUT2D eigenvalue weighted by Crippen LogP contribution is 2.29. The number of nitrogens with zero attached hydrogens (tertiary/aromatic N) is 2. The Bertz CT molecular complexity index is 652. The zero-order valence-corrected chi connectivity index (χ0v) is 16.4. The van der Waals surface area contributed by atoms with Crippen LogP contribution in [0.1, 0.15) is 20.5 Å². The number of hydrogen-bond donors (Lipinski definition) is 2. The number of alkyl halides is 3. The van der Waals surface area contributed by atoms with E-state index in [1.165, 1.54) is 4.88 Å². The molecule has 0 unspecified atom stereocenters.